The summed E-state index contributed by atoms with van der Waals surface area (Å²) in [5.74, 6) is 1.17. The predicted octanol–water partition coefficient (Wildman–Crippen LogP) is 3.09. The second-order valence-electron chi connectivity index (χ2n) is 4.79. The molecule has 0 unspecified atom stereocenters. The monoisotopic (exact) mass is 334 g/mol. The number of carbonyl (C=O) groups is 1. The van der Waals surface area contributed by atoms with Gasteiger partial charge in [0.15, 0.2) is 0 Å². The molecule has 122 valence electrons. The first kappa shape index (κ1) is 17.0. The van der Waals surface area contributed by atoms with Crippen LogP contribution in [0.4, 0.5) is 5.69 Å². The average Bonchev–Trinajstić information content (AvgIpc) is 2.59. The highest BCUT2D eigenvalue weighted by Gasteiger charge is 2.07. The maximum atomic E-state index is 11.9. The Bertz CT molecular complexity index is 677. The van der Waals surface area contributed by atoms with Crippen LogP contribution in [0.1, 0.15) is 5.56 Å². The van der Waals surface area contributed by atoms with Crippen LogP contribution in [0.25, 0.3) is 0 Å². The first-order valence-corrected chi connectivity index (χ1v) is 7.48. The number of amides is 1. The number of halogens is 1. The standard InChI is InChI=1S/C17H19ClN2O3/c1-22-13-7-8-15(16(9-13)23-2)19-11-17(21)20-10-12-5-3-4-6-14(12)18/h3-9,19H,10-11H2,1-2H3,(H,20,21). The SMILES string of the molecule is COc1ccc(NCC(=O)NCc2ccccc2Cl)c(OC)c1. The Labute approximate surface area is 140 Å². The lowest BCUT2D eigenvalue weighted by molar-refractivity contribution is -0.119. The highest BCUT2D eigenvalue weighted by molar-refractivity contribution is 6.31. The van der Waals surface area contributed by atoms with E-state index in [2.05, 4.69) is 10.6 Å². The summed E-state index contributed by atoms with van der Waals surface area (Å²) in [7, 11) is 3.15. The van der Waals surface area contributed by atoms with Gasteiger partial charge in [0.25, 0.3) is 0 Å². The minimum Gasteiger partial charge on any atom is -0.497 e. The molecule has 2 N–H and O–H groups in total. The third-order valence-corrected chi connectivity index (χ3v) is 3.65. The summed E-state index contributed by atoms with van der Waals surface area (Å²) in [6, 6.07) is 12.8. The molecule has 0 fully saturated rings. The van der Waals surface area contributed by atoms with E-state index < -0.39 is 0 Å². The van der Waals surface area contributed by atoms with Gasteiger partial charge in [-0.25, -0.2) is 0 Å². The Morgan fingerprint density at radius 3 is 2.61 bits per heavy atom. The molecule has 0 aliphatic carbocycles. The predicted molar refractivity (Wildman–Crippen MR) is 91.3 cm³/mol. The van der Waals surface area contributed by atoms with Crippen LogP contribution in [0.5, 0.6) is 11.5 Å². The fraction of sp³-hybridized carbons (Fsp3) is 0.235. The number of hydrogen-bond donors (Lipinski definition) is 2. The van der Waals surface area contributed by atoms with E-state index in [-0.39, 0.29) is 12.5 Å². The Morgan fingerprint density at radius 1 is 1.13 bits per heavy atom. The summed E-state index contributed by atoms with van der Waals surface area (Å²) in [5.41, 5.74) is 1.60. The first-order valence-electron chi connectivity index (χ1n) is 7.10. The molecule has 0 aliphatic heterocycles. The molecule has 0 saturated carbocycles. The minimum absolute atomic E-state index is 0.132. The van der Waals surface area contributed by atoms with Gasteiger partial charge < -0.3 is 20.1 Å². The van der Waals surface area contributed by atoms with Gasteiger partial charge in [-0.2, -0.15) is 0 Å². The summed E-state index contributed by atoms with van der Waals surface area (Å²) in [5, 5.41) is 6.50. The molecule has 2 rings (SSSR count). The van der Waals surface area contributed by atoms with Crippen LogP contribution in [0.2, 0.25) is 5.02 Å². The summed E-state index contributed by atoms with van der Waals surface area (Å²) in [6.07, 6.45) is 0. The van der Waals surface area contributed by atoms with Crippen molar-refractivity contribution in [1.82, 2.24) is 5.32 Å². The van der Waals surface area contributed by atoms with E-state index in [0.717, 1.165) is 11.3 Å². The zero-order chi connectivity index (χ0) is 16.7. The van der Waals surface area contributed by atoms with Crippen molar-refractivity contribution in [1.29, 1.82) is 0 Å². The maximum Gasteiger partial charge on any atom is 0.239 e. The molecule has 5 nitrogen and oxygen atoms in total. The smallest absolute Gasteiger partial charge is 0.239 e. The second kappa shape index (κ2) is 8.29. The molecule has 0 atom stereocenters. The molecule has 2 aromatic carbocycles. The zero-order valence-corrected chi connectivity index (χ0v) is 13.8. The number of rotatable bonds is 7. The van der Waals surface area contributed by atoms with Gasteiger partial charge in [0.05, 0.1) is 26.5 Å². The van der Waals surface area contributed by atoms with Crippen LogP contribution in [0, 0.1) is 0 Å². The number of benzene rings is 2. The maximum absolute atomic E-state index is 11.9. The van der Waals surface area contributed by atoms with Crippen LogP contribution in [0.3, 0.4) is 0 Å². The van der Waals surface area contributed by atoms with Crippen LogP contribution >= 0.6 is 11.6 Å². The van der Waals surface area contributed by atoms with Crippen molar-refractivity contribution in [3.8, 4) is 11.5 Å². The lowest BCUT2D eigenvalue weighted by Gasteiger charge is -2.12. The normalized spacial score (nSPS) is 10.0. The van der Waals surface area contributed by atoms with Crippen molar-refractivity contribution in [3.05, 3.63) is 53.1 Å². The lowest BCUT2D eigenvalue weighted by Crippen LogP contribution is -2.29. The van der Waals surface area contributed by atoms with Gasteiger partial charge in [-0.15, -0.1) is 0 Å². The molecule has 23 heavy (non-hydrogen) atoms. The van der Waals surface area contributed by atoms with Crippen LogP contribution in [-0.4, -0.2) is 26.7 Å². The van der Waals surface area contributed by atoms with Gasteiger partial charge in [0.1, 0.15) is 11.5 Å². The average molecular weight is 335 g/mol. The van der Waals surface area contributed by atoms with Crippen molar-refractivity contribution in [2.24, 2.45) is 0 Å². The van der Waals surface area contributed by atoms with E-state index in [1.54, 1.807) is 38.5 Å². The number of methoxy groups -OCH3 is 2. The third kappa shape index (κ3) is 4.79. The molecule has 0 aliphatic rings. The van der Waals surface area contributed by atoms with Crippen LogP contribution in [-0.2, 0) is 11.3 Å². The second-order valence-corrected chi connectivity index (χ2v) is 5.20. The highest BCUT2D eigenvalue weighted by atomic mass is 35.5. The van der Waals surface area contributed by atoms with E-state index in [0.29, 0.717) is 23.1 Å². The topological polar surface area (TPSA) is 59.6 Å². The number of anilines is 1. The molecular formula is C17H19ClN2O3. The van der Waals surface area contributed by atoms with Crippen molar-refractivity contribution >= 4 is 23.2 Å². The third-order valence-electron chi connectivity index (χ3n) is 3.28. The minimum atomic E-state index is -0.136. The van der Waals surface area contributed by atoms with Crippen molar-refractivity contribution in [3.63, 3.8) is 0 Å². The molecule has 0 bridgehead atoms. The molecule has 0 aromatic heterocycles. The van der Waals surface area contributed by atoms with E-state index in [9.17, 15) is 4.79 Å². The van der Waals surface area contributed by atoms with Gasteiger partial charge in [0, 0.05) is 17.6 Å². The number of nitrogens with one attached hydrogen (secondary N) is 2. The fourth-order valence-corrected chi connectivity index (χ4v) is 2.22. The lowest BCUT2D eigenvalue weighted by atomic mass is 10.2. The molecule has 6 heteroatoms. The molecule has 2 aromatic rings. The van der Waals surface area contributed by atoms with Crippen molar-refractivity contribution in [2.75, 3.05) is 26.1 Å². The van der Waals surface area contributed by atoms with E-state index >= 15 is 0 Å². The Balaban J connectivity index is 1.88. The molecule has 1 amide bonds. The Morgan fingerprint density at radius 2 is 1.91 bits per heavy atom. The molecule has 0 heterocycles. The van der Waals surface area contributed by atoms with E-state index in [1.165, 1.54) is 0 Å². The highest BCUT2D eigenvalue weighted by Crippen LogP contribution is 2.28. The molecule has 0 radical (unpaired) electrons. The van der Waals surface area contributed by atoms with Gasteiger partial charge in [0.2, 0.25) is 5.91 Å². The Hall–Kier alpha value is -2.40. The van der Waals surface area contributed by atoms with Gasteiger partial charge >= 0.3 is 0 Å². The largest absolute Gasteiger partial charge is 0.497 e. The van der Waals surface area contributed by atoms with Gasteiger partial charge in [-0.3, -0.25) is 4.79 Å². The van der Waals surface area contributed by atoms with Crippen molar-refractivity contribution in [2.45, 2.75) is 6.54 Å². The fourth-order valence-electron chi connectivity index (χ4n) is 2.02. The van der Waals surface area contributed by atoms with Gasteiger partial charge in [-0.05, 0) is 23.8 Å². The van der Waals surface area contributed by atoms with E-state index in [4.69, 9.17) is 21.1 Å². The van der Waals surface area contributed by atoms with E-state index in [1.807, 2.05) is 18.2 Å². The number of hydrogen-bond acceptors (Lipinski definition) is 4. The summed E-state index contributed by atoms with van der Waals surface area (Å²) < 4.78 is 10.4. The Kier molecular flexibility index (Phi) is 6.11. The van der Waals surface area contributed by atoms with Crippen molar-refractivity contribution < 1.29 is 14.3 Å². The van der Waals surface area contributed by atoms with Crippen LogP contribution in [0.15, 0.2) is 42.5 Å². The number of carbonyl (C=O) groups excluding carboxylic acids is 1. The summed E-state index contributed by atoms with van der Waals surface area (Å²) in [6.45, 7) is 0.521. The first-order chi connectivity index (χ1) is 11.1. The quantitative estimate of drug-likeness (QED) is 0.817. The summed E-state index contributed by atoms with van der Waals surface area (Å²) >= 11 is 6.05. The van der Waals surface area contributed by atoms with Gasteiger partial charge in [-0.1, -0.05) is 29.8 Å². The molecular weight excluding hydrogens is 316 g/mol. The molecule has 0 spiro atoms. The molecule has 0 saturated heterocycles. The summed E-state index contributed by atoms with van der Waals surface area (Å²) in [4.78, 5) is 11.9. The number of ether oxygens (including phenoxy) is 2. The van der Waals surface area contributed by atoms with Crippen LogP contribution < -0.4 is 20.1 Å². The zero-order valence-electron chi connectivity index (χ0n) is 13.1.